The number of hydrogen-bond acceptors (Lipinski definition) is 4. The first-order chi connectivity index (χ1) is 14.3. The molecule has 7 heteroatoms. The summed E-state index contributed by atoms with van der Waals surface area (Å²) in [5, 5.41) is 5.33. The lowest BCUT2D eigenvalue weighted by atomic mass is 9.97. The molecule has 0 bridgehead atoms. The first-order valence-corrected chi connectivity index (χ1v) is 10.8. The number of nitrogens with one attached hydrogen (secondary N) is 2. The van der Waals surface area contributed by atoms with Crippen LogP contribution in [-0.4, -0.2) is 49.4 Å². The van der Waals surface area contributed by atoms with Gasteiger partial charge in [-0.05, 0) is 43.0 Å². The van der Waals surface area contributed by atoms with Crippen LogP contribution in [0.15, 0.2) is 24.3 Å². The van der Waals surface area contributed by atoms with Gasteiger partial charge in [0.05, 0.1) is 20.2 Å². The molecule has 0 aliphatic rings. The molecule has 30 heavy (non-hydrogen) atoms. The molecule has 0 heterocycles. The van der Waals surface area contributed by atoms with Crippen molar-refractivity contribution in [2.24, 2.45) is 11.8 Å². The molecule has 0 aromatic heterocycles. The van der Waals surface area contributed by atoms with Gasteiger partial charge in [0.2, 0.25) is 17.7 Å². The molecule has 0 saturated carbocycles. The minimum atomic E-state index is -0.334. The Bertz CT molecular complexity index is 674. The van der Waals surface area contributed by atoms with E-state index < -0.39 is 0 Å². The molecule has 0 fully saturated rings. The monoisotopic (exact) mass is 419 g/mol. The van der Waals surface area contributed by atoms with Crippen LogP contribution in [0.5, 0.6) is 5.75 Å². The van der Waals surface area contributed by atoms with Gasteiger partial charge in [0.25, 0.3) is 0 Å². The first kappa shape index (κ1) is 25.5. The Morgan fingerprint density at radius 1 is 1.07 bits per heavy atom. The van der Waals surface area contributed by atoms with Crippen molar-refractivity contribution in [3.63, 3.8) is 0 Å². The summed E-state index contributed by atoms with van der Waals surface area (Å²) in [4.78, 5) is 39.1. The van der Waals surface area contributed by atoms with Gasteiger partial charge in [0.15, 0.2) is 0 Å². The maximum absolute atomic E-state index is 12.9. The lowest BCUT2D eigenvalue weighted by Crippen LogP contribution is -2.46. The standard InChI is InChI=1S/C23H37N3O4/c1-6-8-9-18(7-2)23(29)26(15-17(3)4)16-22(28)24-14-21(27)25-19-10-12-20(30-5)13-11-19/h10-13,17-18H,6-9,14-16H2,1-5H3,(H,24,28)(H,25,27). The number of rotatable bonds is 13. The van der Waals surface area contributed by atoms with Crippen LogP contribution in [0.3, 0.4) is 0 Å². The second kappa shape index (κ2) is 13.6. The number of carbonyl (C=O) groups excluding carboxylic acids is 3. The summed E-state index contributed by atoms with van der Waals surface area (Å²) in [5.41, 5.74) is 0.619. The minimum absolute atomic E-state index is 0.0254. The molecule has 1 unspecified atom stereocenters. The molecular weight excluding hydrogens is 382 g/mol. The number of methoxy groups -OCH3 is 1. The molecule has 7 nitrogen and oxygen atoms in total. The largest absolute Gasteiger partial charge is 0.497 e. The summed E-state index contributed by atoms with van der Waals surface area (Å²) in [6, 6.07) is 6.93. The molecule has 1 atom stereocenters. The van der Waals surface area contributed by atoms with Gasteiger partial charge in [0.1, 0.15) is 5.75 Å². The second-order valence-electron chi connectivity index (χ2n) is 7.91. The lowest BCUT2D eigenvalue weighted by Gasteiger charge is -2.28. The maximum atomic E-state index is 12.9. The van der Waals surface area contributed by atoms with E-state index in [-0.39, 0.29) is 42.6 Å². The van der Waals surface area contributed by atoms with E-state index in [4.69, 9.17) is 4.74 Å². The van der Waals surface area contributed by atoms with Crippen LogP contribution in [-0.2, 0) is 14.4 Å². The number of amides is 3. The summed E-state index contributed by atoms with van der Waals surface area (Å²) in [6.07, 6.45) is 3.64. The third kappa shape index (κ3) is 9.29. The Balaban J connectivity index is 2.59. The molecule has 0 spiro atoms. The van der Waals surface area contributed by atoms with E-state index in [1.54, 1.807) is 36.3 Å². The van der Waals surface area contributed by atoms with Crippen LogP contribution in [0.2, 0.25) is 0 Å². The van der Waals surface area contributed by atoms with Crippen molar-refractivity contribution in [3.8, 4) is 5.75 Å². The SMILES string of the molecule is CCCCC(CC)C(=O)N(CC(=O)NCC(=O)Nc1ccc(OC)cc1)CC(C)C. The summed E-state index contributed by atoms with van der Waals surface area (Å²) in [6.45, 7) is 8.49. The minimum Gasteiger partial charge on any atom is -0.497 e. The molecule has 1 rings (SSSR count). The maximum Gasteiger partial charge on any atom is 0.243 e. The van der Waals surface area contributed by atoms with Crippen molar-refractivity contribution in [1.29, 1.82) is 0 Å². The molecule has 2 N–H and O–H groups in total. The highest BCUT2D eigenvalue weighted by molar-refractivity contribution is 5.95. The van der Waals surface area contributed by atoms with Crippen molar-refractivity contribution in [2.75, 3.05) is 32.1 Å². The van der Waals surface area contributed by atoms with Gasteiger partial charge in [-0.25, -0.2) is 0 Å². The van der Waals surface area contributed by atoms with E-state index in [2.05, 4.69) is 17.6 Å². The van der Waals surface area contributed by atoms with Gasteiger partial charge in [0, 0.05) is 18.2 Å². The molecule has 1 aromatic rings. The molecule has 3 amide bonds. The van der Waals surface area contributed by atoms with Crippen LogP contribution < -0.4 is 15.4 Å². The van der Waals surface area contributed by atoms with Crippen molar-refractivity contribution < 1.29 is 19.1 Å². The van der Waals surface area contributed by atoms with Crippen LogP contribution >= 0.6 is 0 Å². The van der Waals surface area contributed by atoms with E-state index in [9.17, 15) is 14.4 Å². The van der Waals surface area contributed by atoms with Gasteiger partial charge in [-0.3, -0.25) is 14.4 Å². The van der Waals surface area contributed by atoms with Crippen LogP contribution in [0, 0.1) is 11.8 Å². The highest BCUT2D eigenvalue weighted by atomic mass is 16.5. The summed E-state index contributed by atoms with van der Waals surface area (Å²) >= 11 is 0. The number of anilines is 1. The average molecular weight is 420 g/mol. The summed E-state index contributed by atoms with van der Waals surface area (Å²) in [7, 11) is 1.57. The molecular formula is C23H37N3O4. The predicted molar refractivity (Wildman–Crippen MR) is 119 cm³/mol. The molecule has 168 valence electrons. The van der Waals surface area contributed by atoms with Crippen molar-refractivity contribution in [3.05, 3.63) is 24.3 Å². The summed E-state index contributed by atoms with van der Waals surface area (Å²) in [5.74, 6) is 0.251. The first-order valence-electron chi connectivity index (χ1n) is 10.8. The van der Waals surface area contributed by atoms with Gasteiger partial charge in [-0.2, -0.15) is 0 Å². The van der Waals surface area contributed by atoms with E-state index >= 15 is 0 Å². The predicted octanol–water partition coefficient (Wildman–Crippen LogP) is 3.45. The Morgan fingerprint density at radius 3 is 2.27 bits per heavy atom. The molecule has 0 saturated heterocycles. The average Bonchev–Trinajstić information content (AvgIpc) is 2.72. The Morgan fingerprint density at radius 2 is 1.73 bits per heavy atom. The van der Waals surface area contributed by atoms with Gasteiger partial charge in [-0.1, -0.05) is 40.5 Å². The van der Waals surface area contributed by atoms with Crippen LogP contribution in [0.25, 0.3) is 0 Å². The molecule has 0 aliphatic heterocycles. The number of nitrogens with zero attached hydrogens (tertiary/aromatic N) is 1. The van der Waals surface area contributed by atoms with Crippen molar-refractivity contribution >= 4 is 23.4 Å². The van der Waals surface area contributed by atoms with E-state index in [0.29, 0.717) is 18.0 Å². The lowest BCUT2D eigenvalue weighted by molar-refractivity contribution is -0.140. The number of hydrogen-bond donors (Lipinski definition) is 2. The zero-order valence-corrected chi connectivity index (χ0v) is 19.0. The van der Waals surface area contributed by atoms with Crippen molar-refractivity contribution in [1.82, 2.24) is 10.2 Å². The fourth-order valence-corrected chi connectivity index (χ4v) is 3.17. The van der Waals surface area contributed by atoms with Crippen LogP contribution in [0.4, 0.5) is 5.69 Å². The zero-order chi connectivity index (χ0) is 22.5. The van der Waals surface area contributed by atoms with E-state index in [0.717, 1.165) is 25.7 Å². The molecule has 0 aliphatic carbocycles. The highest BCUT2D eigenvalue weighted by Gasteiger charge is 2.25. The van der Waals surface area contributed by atoms with Crippen molar-refractivity contribution in [2.45, 2.75) is 53.4 Å². The van der Waals surface area contributed by atoms with Gasteiger partial charge < -0.3 is 20.3 Å². The number of carbonyl (C=O) groups is 3. The van der Waals surface area contributed by atoms with Gasteiger partial charge in [-0.15, -0.1) is 0 Å². The fraction of sp³-hybridized carbons (Fsp3) is 0.609. The van der Waals surface area contributed by atoms with Gasteiger partial charge >= 0.3 is 0 Å². The number of benzene rings is 1. The number of unbranched alkanes of at least 4 members (excludes halogenated alkanes) is 1. The number of ether oxygens (including phenoxy) is 1. The third-order valence-electron chi connectivity index (χ3n) is 4.80. The normalized spacial score (nSPS) is 11.7. The zero-order valence-electron chi connectivity index (χ0n) is 19.0. The fourth-order valence-electron chi connectivity index (χ4n) is 3.17. The highest BCUT2D eigenvalue weighted by Crippen LogP contribution is 2.17. The smallest absolute Gasteiger partial charge is 0.243 e. The van der Waals surface area contributed by atoms with Crippen LogP contribution in [0.1, 0.15) is 53.4 Å². The Kier molecular flexibility index (Phi) is 11.6. The Labute approximate surface area is 180 Å². The van der Waals surface area contributed by atoms with E-state index in [1.165, 1.54) is 0 Å². The second-order valence-corrected chi connectivity index (χ2v) is 7.91. The molecule has 0 radical (unpaired) electrons. The summed E-state index contributed by atoms with van der Waals surface area (Å²) < 4.78 is 5.08. The third-order valence-corrected chi connectivity index (χ3v) is 4.80. The Hall–Kier alpha value is -2.57. The molecule has 1 aromatic carbocycles. The quantitative estimate of drug-likeness (QED) is 0.513. The topological polar surface area (TPSA) is 87.7 Å². The van der Waals surface area contributed by atoms with E-state index in [1.807, 2.05) is 20.8 Å².